The van der Waals surface area contributed by atoms with E-state index in [4.69, 9.17) is 10.5 Å². The molecule has 3 N–H and O–H groups in total. The Balaban J connectivity index is 1.58. The van der Waals surface area contributed by atoms with Gasteiger partial charge in [-0.2, -0.15) is 0 Å². The van der Waals surface area contributed by atoms with E-state index in [1.54, 1.807) is 0 Å². The summed E-state index contributed by atoms with van der Waals surface area (Å²) < 4.78 is 5.62. The van der Waals surface area contributed by atoms with E-state index >= 15 is 0 Å². The Morgan fingerprint density at radius 2 is 1.67 bits per heavy atom. The van der Waals surface area contributed by atoms with Crippen LogP contribution in [0.15, 0.2) is 48.5 Å². The minimum Gasteiger partial charge on any atom is -0.480 e. The van der Waals surface area contributed by atoms with Crippen LogP contribution >= 0.6 is 0 Å². The van der Waals surface area contributed by atoms with Crippen molar-refractivity contribution in [3.8, 4) is 11.1 Å². The van der Waals surface area contributed by atoms with Crippen LogP contribution in [0.25, 0.3) is 11.1 Å². The highest BCUT2D eigenvalue weighted by Gasteiger charge is 2.50. The number of fused-ring (bicyclic) bond motifs is 3. The van der Waals surface area contributed by atoms with E-state index in [0.717, 1.165) is 28.7 Å². The van der Waals surface area contributed by atoms with Crippen molar-refractivity contribution in [1.82, 2.24) is 0 Å². The third-order valence-electron chi connectivity index (χ3n) is 5.93. The molecule has 2 aliphatic carbocycles. The maximum absolute atomic E-state index is 12.8. The van der Waals surface area contributed by atoms with Crippen molar-refractivity contribution < 1.29 is 19.4 Å². The zero-order valence-electron chi connectivity index (χ0n) is 15.1. The topological polar surface area (TPSA) is 89.6 Å². The summed E-state index contributed by atoms with van der Waals surface area (Å²) in [6.45, 7) is 0.136. The summed E-state index contributed by atoms with van der Waals surface area (Å²) in [5.74, 6) is -1.87. The minimum absolute atomic E-state index is 0.0792. The van der Waals surface area contributed by atoms with Gasteiger partial charge in [0.25, 0.3) is 0 Å². The lowest BCUT2D eigenvalue weighted by Gasteiger charge is -2.34. The van der Waals surface area contributed by atoms with Crippen LogP contribution in [-0.4, -0.2) is 29.7 Å². The lowest BCUT2D eigenvalue weighted by Crippen LogP contribution is -2.48. The van der Waals surface area contributed by atoms with Crippen LogP contribution in [0.3, 0.4) is 0 Å². The van der Waals surface area contributed by atoms with Crippen molar-refractivity contribution in [2.24, 2.45) is 11.1 Å². The molecule has 1 fully saturated rings. The normalized spacial score (nSPS) is 24.1. The first-order chi connectivity index (χ1) is 13.0. The van der Waals surface area contributed by atoms with Crippen LogP contribution in [0, 0.1) is 5.41 Å². The van der Waals surface area contributed by atoms with Gasteiger partial charge in [0, 0.05) is 12.0 Å². The molecule has 5 nitrogen and oxygen atoms in total. The minimum atomic E-state index is -1.52. The van der Waals surface area contributed by atoms with Gasteiger partial charge in [0.05, 0.1) is 0 Å². The lowest BCUT2D eigenvalue weighted by molar-refractivity contribution is -0.172. The fourth-order valence-corrected chi connectivity index (χ4v) is 4.52. The zero-order chi connectivity index (χ0) is 19.0. The number of rotatable bonds is 4. The molecule has 140 valence electrons. The van der Waals surface area contributed by atoms with Crippen LogP contribution in [0.2, 0.25) is 0 Å². The molecule has 4 rings (SSSR count). The maximum atomic E-state index is 12.8. The van der Waals surface area contributed by atoms with Crippen LogP contribution in [0.4, 0.5) is 0 Å². The van der Waals surface area contributed by atoms with Crippen molar-refractivity contribution in [2.45, 2.75) is 37.6 Å². The van der Waals surface area contributed by atoms with E-state index in [2.05, 4.69) is 12.1 Å². The van der Waals surface area contributed by atoms with Gasteiger partial charge in [0.15, 0.2) is 5.41 Å². The first-order valence-corrected chi connectivity index (χ1v) is 9.37. The number of ether oxygens (including phenoxy) is 1. The number of hydrogen-bond acceptors (Lipinski definition) is 4. The molecule has 2 aliphatic rings. The molecule has 0 saturated heterocycles. The number of nitrogens with two attached hydrogens (primary N) is 1. The quantitative estimate of drug-likeness (QED) is 0.641. The number of benzene rings is 2. The molecule has 27 heavy (non-hydrogen) atoms. The first kappa shape index (κ1) is 17.7. The van der Waals surface area contributed by atoms with Crippen LogP contribution < -0.4 is 5.73 Å². The van der Waals surface area contributed by atoms with Crippen molar-refractivity contribution >= 4 is 11.9 Å². The molecule has 0 aliphatic heterocycles. The number of carboxylic acid groups (broad SMARTS) is 1. The van der Waals surface area contributed by atoms with Crippen LogP contribution in [-0.2, 0) is 14.3 Å². The third kappa shape index (κ3) is 2.92. The smallest absolute Gasteiger partial charge is 0.323 e. The van der Waals surface area contributed by atoms with Crippen molar-refractivity contribution in [3.05, 3.63) is 59.7 Å². The van der Waals surface area contributed by atoms with Gasteiger partial charge in [-0.25, -0.2) is 0 Å². The molecular formula is C22H23NO4. The molecule has 0 spiro atoms. The van der Waals surface area contributed by atoms with Crippen LogP contribution in [0.1, 0.15) is 42.7 Å². The highest BCUT2D eigenvalue weighted by atomic mass is 16.5. The Bertz CT molecular complexity index is 848. The molecule has 2 atom stereocenters. The predicted molar refractivity (Wildman–Crippen MR) is 101 cm³/mol. The van der Waals surface area contributed by atoms with Gasteiger partial charge in [0.2, 0.25) is 0 Å². The Morgan fingerprint density at radius 1 is 1.07 bits per heavy atom. The van der Waals surface area contributed by atoms with E-state index in [0.29, 0.717) is 6.42 Å². The van der Waals surface area contributed by atoms with Gasteiger partial charge >= 0.3 is 11.9 Å². The van der Waals surface area contributed by atoms with E-state index in [9.17, 15) is 14.7 Å². The van der Waals surface area contributed by atoms with Gasteiger partial charge in [-0.3, -0.25) is 9.59 Å². The average molecular weight is 365 g/mol. The second-order valence-corrected chi connectivity index (χ2v) is 7.57. The highest BCUT2D eigenvalue weighted by molar-refractivity contribution is 5.99. The van der Waals surface area contributed by atoms with Gasteiger partial charge in [0.1, 0.15) is 6.61 Å². The molecule has 0 amide bonds. The number of esters is 1. The Morgan fingerprint density at radius 3 is 2.22 bits per heavy atom. The number of carbonyl (C=O) groups excluding carboxylic acids is 1. The van der Waals surface area contributed by atoms with Gasteiger partial charge < -0.3 is 15.6 Å². The number of hydrogen-bond donors (Lipinski definition) is 2. The Hall–Kier alpha value is -2.66. The number of aliphatic carboxylic acids is 1. The number of carboxylic acids is 1. The molecule has 0 heterocycles. The summed E-state index contributed by atoms with van der Waals surface area (Å²) in [5, 5.41) is 9.73. The summed E-state index contributed by atoms with van der Waals surface area (Å²) in [6, 6.07) is 15.9. The molecule has 1 saturated carbocycles. The summed E-state index contributed by atoms with van der Waals surface area (Å²) in [7, 11) is 0. The van der Waals surface area contributed by atoms with E-state index < -0.39 is 17.4 Å². The monoisotopic (exact) mass is 365 g/mol. The number of carbonyl (C=O) groups is 2. The van der Waals surface area contributed by atoms with Crippen LogP contribution in [0.5, 0.6) is 0 Å². The SMILES string of the molecule is NC1CCCC(C(=O)O)(C(=O)OCC2c3ccccc3-c3ccccc32)C1. The molecule has 2 aromatic rings. The average Bonchev–Trinajstić information content (AvgIpc) is 3.00. The fraction of sp³-hybridized carbons (Fsp3) is 0.364. The summed E-state index contributed by atoms with van der Waals surface area (Å²) in [6.07, 6.45) is 1.79. The van der Waals surface area contributed by atoms with Gasteiger partial charge in [-0.05, 0) is 41.5 Å². The molecule has 0 radical (unpaired) electrons. The molecule has 5 heteroatoms. The largest absolute Gasteiger partial charge is 0.480 e. The lowest BCUT2D eigenvalue weighted by atomic mass is 9.72. The fourth-order valence-electron chi connectivity index (χ4n) is 4.52. The third-order valence-corrected chi connectivity index (χ3v) is 5.93. The highest BCUT2D eigenvalue weighted by Crippen LogP contribution is 2.45. The van der Waals surface area contributed by atoms with Crippen molar-refractivity contribution in [3.63, 3.8) is 0 Å². The second-order valence-electron chi connectivity index (χ2n) is 7.57. The molecule has 0 aromatic heterocycles. The predicted octanol–water partition coefficient (Wildman–Crippen LogP) is 3.31. The molecule has 2 aromatic carbocycles. The maximum Gasteiger partial charge on any atom is 0.323 e. The van der Waals surface area contributed by atoms with Gasteiger partial charge in [-0.15, -0.1) is 0 Å². The summed E-state index contributed by atoms with van der Waals surface area (Å²) >= 11 is 0. The first-order valence-electron chi connectivity index (χ1n) is 9.37. The second kappa shape index (κ2) is 6.82. The Kier molecular flexibility index (Phi) is 4.48. The van der Waals surface area contributed by atoms with Crippen molar-refractivity contribution in [1.29, 1.82) is 0 Å². The van der Waals surface area contributed by atoms with E-state index in [-0.39, 0.29) is 31.4 Å². The van der Waals surface area contributed by atoms with Crippen molar-refractivity contribution in [2.75, 3.05) is 6.61 Å². The standard InChI is InChI=1S/C22H23NO4/c23-14-6-5-11-22(12-14,20(24)25)21(26)27-13-19-17-9-3-1-7-15(17)16-8-2-4-10-18(16)19/h1-4,7-10,14,19H,5-6,11-13,23H2,(H,24,25). The van der Waals surface area contributed by atoms with Gasteiger partial charge in [-0.1, -0.05) is 55.0 Å². The van der Waals surface area contributed by atoms with E-state index in [1.807, 2.05) is 36.4 Å². The Labute approximate surface area is 158 Å². The van der Waals surface area contributed by atoms with E-state index in [1.165, 1.54) is 0 Å². The zero-order valence-corrected chi connectivity index (χ0v) is 15.1. The molecule has 2 unspecified atom stereocenters. The molecule has 0 bridgehead atoms. The summed E-state index contributed by atoms with van der Waals surface area (Å²) in [5.41, 5.74) is 8.94. The molecular weight excluding hydrogens is 342 g/mol. The summed E-state index contributed by atoms with van der Waals surface area (Å²) in [4.78, 5) is 24.7.